The van der Waals surface area contributed by atoms with E-state index in [4.69, 9.17) is 9.47 Å². The van der Waals surface area contributed by atoms with Gasteiger partial charge in [0.2, 0.25) is 5.91 Å². The third-order valence-corrected chi connectivity index (χ3v) is 1.69. The first-order valence-electron chi connectivity index (χ1n) is 4.75. The first-order chi connectivity index (χ1) is 6.72. The fraction of sp³-hybridized carbons (Fsp3) is 0.889. The summed E-state index contributed by atoms with van der Waals surface area (Å²) in [5, 5.41) is 5.64. The van der Waals surface area contributed by atoms with Crippen LogP contribution >= 0.6 is 0 Å². The Morgan fingerprint density at radius 1 is 1.36 bits per heavy atom. The lowest BCUT2D eigenvalue weighted by Crippen LogP contribution is -2.37. The maximum absolute atomic E-state index is 11.3. The third kappa shape index (κ3) is 6.82. The van der Waals surface area contributed by atoms with Crippen LogP contribution < -0.4 is 10.6 Å². The summed E-state index contributed by atoms with van der Waals surface area (Å²) < 4.78 is 10.1. The summed E-state index contributed by atoms with van der Waals surface area (Å²) in [6, 6.07) is 0. The molecule has 0 aliphatic heterocycles. The molecule has 84 valence electrons. The van der Waals surface area contributed by atoms with Gasteiger partial charge in [0.1, 0.15) is 6.10 Å². The van der Waals surface area contributed by atoms with Gasteiger partial charge in [-0.15, -0.1) is 0 Å². The Morgan fingerprint density at radius 2 is 2.07 bits per heavy atom. The molecule has 0 spiro atoms. The summed E-state index contributed by atoms with van der Waals surface area (Å²) in [5.41, 5.74) is 0. The van der Waals surface area contributed by atoms with Crippen molar-refractivity contribution in [3.63, 3.8) is 0 Å². The Kier molecular flexibility index (Phi) is 8.51. The van der Waals surface area contributed by atoms with E-state index in [9.17, 15) is 4.79 Å². The zero-order valence-corrected chi connectivity index (χ0v) is 9.13. The van der Waals surface area contributed by atoms with Crippen LogP contribution in [-0.2, 0) is 14.3 Å². The Balaban J connectivity index is 3.44. The van der Waals surface area contributed by atoms with Crippen LogP contribution in [0, 0.1) is 0 Å². The number of amides is 1. The quantitative estimate of drug-likeness (QED) is 0.517. The second kappa shape index (κ2) is 8.93. The molecule has 0 aromatic carbocycles. The summed E-state index contributed by atoms with van der Waals surface area (Å²) >= 11 is 0. The molecule has 0 heterocycles. The molecule has 0 saturated heterocycles. The lowest BCUT2D eigenvalue weighted by atomic mass is 10.4. The van der Waals surface area contributed by atoms with E-state index in [0.717, 1.165) is 6.54 Å². The molecule has 5 heteroatoms. The van der Waals surface area contributed by atoms with Gasteiger partial charge in [0.15, 0.2) is 0 Å². The van der Waals surface area contributed by atoms with Crippen molar-refractivity contribution >= 4 is 5.91 Å². The van der Waals surface area contributed by atoms with E-state index in [1.54, 1.807) is 14.0 Å². The minimum Gasteiger partial charge on any atom is -0.383 e. The summed E-state index contributed by atoms with van der Waals surface area (Å²) in [5.74, 6) is -0.0989. The average molecular weight is 204 g/mol. The Morgan fingerprint density at radius 3 is 2.64 bits per heavy atom. The van der Waals surface area contributed by atoms with Crippen molar-refractivity contribution in [1.29, 1.82) is 0 Å². The van der Waals surface area contributed by atoms with E-state index >= 15 is 0 Å². The lowest BCUT2D eigenvalue weighted by Gasteiger charge is -2.12. The molecule has 0 aliphatic carbocycles. The van der Waals surface area contributed by atoms with Gasteiger partial charge in [0, 0.05) is 20.2 Å². The molecule has 5 nitrogen and oxygen atoms in total. The van der Waals surface area contributed by atoms with Gasteiger partial charge in [-0.1, -0.05) is 0 Å². The lowest BCUT2D eigenvalue weighted by molar-refractivity contribution is -0.131. The number of nitrogens with one attached hydrogen (secondary N) is 2. The van der Waals surface area contributed by atoms with Crippen molar-refractivity contribution in [2.75, 3.05) is 40.5 Å². The summed E-state index contributed by atoms with van der Waals surface area (Å²) in [4.78, 5) is 11.3. The fourth-order valence-electron chi connectivity index (χ4n) is 0.833. The van der Waals surface area contributed by atoms with Gasteiger partial charge in [0.25, 0.3) is 0 Å². The van der Waals surface area contributed by atoms with Gasteiger partial charge in [-0.2, -0.15) is 0 Å². The van der Waals surface area contributed by atoms with E-state index in [-0.39, 0.29) is 5.91 Å². The second-order valence-corrected chi connectivity index (χ2v) is 2.90. The van der Waals surface area contributed by atoms with Crippen molar-refractivity contribution in [1.82, 2.24) is 10.6 Å². The van der Waals surface area contributed by atoms with E-state index < -0.39 is 6.10 Å². The predicted molar refractivity (Wildman–Crippen MR) is 54.2 cm³/mol. The normalized spacial score (nSPS) is 12.5. The van der Waals surface area contributed by atoms with Crippen molar-refractivity contribution in [2.45, 2.75) is 13.0 Å². The van der Waals surface area contributed by atoms with Crippen LogP contribution in [0.15, 0.2) is 0 Å². The number of carbonyl (C=O) groups is 1. The standard InChI is InChI=1S/C9H20N2O3/c1-8(14-7-4-10-2)9(12)11-5-6-13-3/h8,10H,4-7H2,1-3H3,(H,11,12). The molecule has 1 amide bonds. The van der Waals surface area contributed by atoms with Crippen LogP contribution in [-0.4, -0.2) is 52.5 Å². The smallest absolute Gasteiger partial charge is 0.248 e. The Labute approximate surface area is 85.1 Å². The monoisotopic (exact) mass is 204 g/mol. The topological polar surface area (TPSA) is 59.6 Å². The van der Waals surface area contributed by atoms with Crippen molar-refractivity contribution in [3.05, 3.63) is 0 Å². The van der Waals surface area contributed by atoms with Gasteiger partial charge >= 0.3 is 0 Å². The predicted octanol–water partition coefficient (Wildman–Crippen LogP) is -0.626. The van der Waals surface area contributed by atoms with Gasteiger partial charge in [-0.3, -0.25) is 4.79 Å². The maximum atomic E-state index is 11.3. The zero-order chi connectivity index (χ0) is 10.8. The number of methoxy groups -OCH3 is 1. The van der Waals surface area contributed by atoms with Crippen LogP contribution in [0.4, 0.5) is 0 Å². The highest BCUT2D eigenvalue weighted by Gasteiger charge is 2.11. The van der Waals surface area contributed by atoms with Crippen molar-refractivity contribution < 1.29 is 14.3 Å². The van der Waals surface area contributed by atoms with Crippen LogP contribution in [0.5, 0.6) is 0 Å². The minimum atomic E-state index is -0.403. The molecule has 0 rings (SSSR count). The highest BCUT2D eigenvalue weighted by atomic mass is 16.5. The molecule has 0 saturated carbocycles. The highest BCUT2D eigenvalue weighted by Crippen LogP contribution is 1.89. The molecule has 0 aromatic heterocycles. The first-order valence-corrected chi connectivity index (χ1v) is 4.75. The molecule has 1 unspecified atom stereocenters. The largest absolute Gasteiger partial charge is 0.383 e. The number of rotatable bonds is 8. The van der Waals surface area contributed by atoms with Gasteiger partial charge < -0.3 is 20.1 Å². The molecule has 0 fully saturated rings. The number of hydrogen-bond acceptors (Lipinski definition) is 4. The molecule has 0 aliphatic rings. The maximum Gasteiger partial charge on any atom is 0.248 e. The molecule has 0 bridgehead atoms. The fourth-order valence-corrected chi connectivity index (χ4v) is 0.833. The van der Waals surface area contributed by atoms with Gasteiger partial charge in [0.05, 0.1) is 13.2 Å². The van der Waals surface area contributed by atoms with Gasteiger partial charge in [-0.25, -0.2) is 0 Å². The van der Waals surface area contributed by atoms with E-state index in [0.29, 0.717) is 19.8 Å². The van der Waals surface area contributed by atoms with Crippen LogP contribution in [0.1, 0.15) is 6.92 Å². The molecule has 2 N–H and O–H groups in total. The minimum absolute atomic E-state index is 0.0989. The second-order valence-electron chi connectivity index (χ2n) is 2.90. The van der Waals surface area contributed by atoms with Crippen molar-refractivity contribution in [3.8, 4) is 0 Å². The van der Waals surface area contributed by atoms with Crippen LogP contribution in [0.3, 0.4) is 0 Å². The van der Waals surface area contributed by atoms with E-state index in [2.05, 4.69) is 10.6 Å². The Hall–Kier alpha value is -0.650. The highest BCUT2D eigenvalue weighted by molar-refractivity contribution is 5.80. The number of hydrogen-bond donors (Lipinski definition) is 2. The SMILES string of the molecule is CNCCOC(C)C(=O)NCCOC. The Bertz CT molecular complexity index is 153. The molecule has 1 atom stereocenters. The van der Waals surface area contributed by atoms with Gasteiger partial charge in [-0.05, 0) is 14.0 Å². The van der Waals surface area contributed by atoms with Crippen LogP contribution in [0.2, 0.25) is 0 Å². The number of carbonyl (C=O) groups excluding carboxylic acids is 1. The molecule has 0 radical (unpaired) electrons. The third-order valence-electron chi connectivity index (χ3n) is 1.69. The number of ether oxygens (including phenoxy) is 2. The van der Waals surface area contributed by atoms with E-state index in [1.807, 2.05) is 7.05 Å². The van der Waals surface area contributed by atoms with E-state index in [1.165, 1.54) is 0 Å². The summed E-state index contributed by atoms with van der Waals surface area (Å²) in [6.07, 6.45) is -0.403. The van der Waals surface area contributed by atoms with Crippen LogP contribution in [0.25, 0.3) is 0 Å². The first kappa shape index (κ1) is 13.4. The molecule has 0 aromatic rings. The molecular formula is C9H20N2O3. The summed E-state index contributed by atoms with van der Waals surface area (Å²) in [6.45, 7) is 4.06. The summed E-state index contributed by atoms with van der Waals surface area (Å²) in [7, 11) is 3.44. The molecule has 14 heavy (non-hydrogen) atoms. The number of likely N-dealkylation sites (N-methyl/N-ethyl adjacent to an activating group) is 1. The molecular weight excluding hydrogens is 184 g/mol. The zero-order valence-electron chi connectivity index (χ0n) is 9.13. The van der Waals surface area contributed by atoms with Crippen molar-refractivity contribution in [2.24, 2.45) is 0 Å². The average Bonchev–Trinajstić information content (AvgIpc) is 2.18.